The van der Waals surface area contributed by atoms with Crippen molar-refractivity contribution < 1.29 is 51.0 Å². The number of hydrogen-bond acceptors (Lipinski definition) is 1. The topological polar surface area (TPSA) is 0 Å². The molecule has 182 valence electrons. The number of benzene rings is 2. The van der Waals surface area contributed by atoms with Crippen molar-refractivity contribution in [2.24, 2.45) is 5.92 Å². The van der Waals surface area contributed by atoms with Gasteiger partial charge in [-0.05, 0) is 16.2 Å². The Balaban J connectivity index is 0.000000375. The predicted octanol–water partition coefficient (Wildman–Crippen LogP) is 3.45. The van der Waals surface area contributed by atoms with Crippen LogP contribution in [0, 0.1) is 12.0 Å². The normalized spacial score (nSPS) is 14.9. The van der Waals surface area contributed by atoms with Gasteiger partial charge in [0, 0.05) is 0 Å². The van der Waals surface area contributed by atoms with Crippen LogP contribution in [0.25, 0.3) is 27.1 Å². The molecule has 4 aromatic rings. The van der Waals surface area contributed by atoms with E-state index in [0.717, 1.165) is 0 Å². The van der Waals surface area contributed by atoms with E-state index in [0.29, 0.717) is 5.92 Å². The van der Waals surface area contributed by atoms with Crippen LogP contribution in [0.5, 0.6) is 0 Å². The molecule has 4 heteroatoms. The number of allylic oxidation sites excluding steroid dienone is 4. The van der Waals surface area contributed by atoms with Crippen LogP contribution in [0.4, 0.5) is 0 Å². The Morgan fingerprint density at radius 2 is 1.31 bits per heavy atom. The van der Waals surface area contributed by atoms with Crippen LogP contribution in [0.3, 0.4) is 0 Å². The maximum atomic E-state index is 3.37. The molecular formula is C31H34Cl2SZr. The van der Waals surface area contributed by atoms with Gasteiger partial charge in [0.1, 0.15) is 0 Å². The van der Waals surface area contributed by atoms with Crippen molar-refractivity contribution in [1.82, 2.24) is 0 Å². The first-order valence-corrected chi connectivity index (χ1v) is 12.4. The first-order valence-electron chi connectivity index (χ1n) is 11.5. The largest absolute Gasteiger partial charge is 4.00 e. The van der Waals surface area contributed by atoms with Crippen molar-refractivity contribution in [1.29, 1.82) is 0 Å². The molecule has 0 radical (unpaired) electrons. The van der Waals surface area contributed by atoms with Crippen LogP contribution in [-0.4, -0.2) is 0 Å². The van der Waals surface area contributed by atoms with Gasteiger partial charge in [-0.3, -0.25) is 0 Å². The van der Waals surface area contributed by atoms with Gasteiger partial charge in [-0.1, -0.05) is 101 Å². The molecule has 3 aromatic carbocycles. The summed E-state index contributed by atoms with van der Waals surface area (Å²) in [5.74, 6) is 0.491. The average Bonchev–Trinajstić information content (AvgIpc) is 3.45. The van der Waals surface area contributed by atoms with Crippen LogP contribution in [0.2, 0.25) is 0 Å². The number of thiophene rings is 1. The molecular weight excluding hydrogens is 567 g/mol. The molecule has 0 saturated heterocycles. The van der Waals surface area contributed by atoms with Gasteiger partial charge in [0.2, 0.25) is 0 Å². The Morgan fingerprint density at radius 3 is 1.69 bits per heavy atom. The molecule has 1 aliphatic carbocycles. The smallest absolute Gasteiger partial charge is 1.00 e. The van der Waals surface area contributed by atoms with E-state index in [1.807, 2.05) is 0 Å². The van der Waals surface area contributed by atoms with Crippen molar-refractivity contribution in [2.75, 3.05) is 0 Å². The average molecular weight is 601 g/mol. The molecule has 1 unspecified atom stereocenters. The molecule has 1 heterocycles. The molecule has 0 aliphatic heterocycles. The molecule has 0 bridgehead atoms. The van der Waals surface area contributed by atoms with Crippen LogP contribution in [-0.2, 0) is 37.0 Å². The number of halogens is 2. The van der Waals surface area contributed by atoms with Crippen molar-refractivity contribution in [3.05, 3.63) is 94.2 Å². The molecule has 0 N–H and O–H groups in total. The molecule has 0 nitrogen and oxygen atoms in total. The molecule has 5 rings (SSSR count). The van der Waals surface area contributed by atoms with Crippen molar-refractivity contribution in [2.45, 2.75) is 59.3 Å². The summed E-state index contributed by atoms with van der Waals surface area (Å²) in [6.45, 7) is 15.8. The molecule has 0 spiro atoms. The van der Waals surface area contributed by atoms with E-state index in [4.69, 9.17) is 0 Å². The molecule has 35 heavy (non-hydrogen) atoms. The fraction of sp³-hybridized carbons (Fsp3) is 0.323. The second kappa shape index (κ2) is 12.5. The summed E-state index contributed by atoms with van der Waals surface area (Å²) in [5.41, 5.74) is 5.76. The summed E-state index contributed by atoms with van der Waals surface area (Å²) < 4.78 is 0. The number of fused-ring (bicyclic) bond motifs is 3. The van der Waals surface area contributed by atoms with Crippen LogP contribution in [0.15, 0.2) is 71.4 Å². The van der Waals surface area contributed by atoms with E-state index in [2.05, 4.69) is 126 Å². The first kappa shape index (κ1) is 32.0. The summed E-state index contributed by atoms with van der Waals surface area (Å²) in [4.78, 5) is 0. The van der Waals surface area contributed by atoms with E-state index in [9.17, 15) is 0 Å². The third-order valence-corrected chi connectivity index (χ3v) is 6.89. The van der Waals surface area contributed by atoms with Crippen molar-refractivity contribution in [3.8, 4) is 0 Å². The minimum Gasteiger partial charge on any atom is -1.00 e. The SMILES string of the molecule is CC(C)(C)c1ccc2c(c1)[cH-]c1cc(C(C)(C)C)ccc12.CC1[C-]=C(c2ccsc2)C=C1.[Cl-].[Cl-].[Zr+4]. The number of hydrogen-bond donors (Lipinski definition) is 0. The fourth-order valence-electron chi connectivity index (χ4n) is 4.13. The third-order valence-electron chi connectivity index (χ3n) is 6.20. The maximum Gasteiger partial charge on any atom is 4.00 e. The monoisotopic (exact) mass is 598 g/mol. The van der Waals surface area contributed by atoms with Gasteiger partial charge in [0.15, 0.2) is 0 Å². The van der Waals surface area contributed by atoms with Crippen LogP contribution in [0.1, 0.15) is 65.2 Å². The fourth-order valence-corrected chi connectivity index (χ4v) is 4.79. The Hall–Kier alpha value is -1.05. The van der Waals surface area contributed by atoms with E-state index in [-0.39, 0.29) is 61.8 Å². The van der Waals surface area contributed by atoms with Gasteiger partial charge in [-0.25, -0.2) is 0 Å². The molecule has 0 amide bonds. The summed E-state index contributed by atoms with van der Waals surface area (Å²) in [7, 11) is 0. The Bertz CT molecular complexity index is 1230. The van der Waals surface area contributed by atoms with E-state index in [1.165, 1.54) is 43.8 Å². The minimum absolute atomic E-state index is 0. The van der Waals surface area contributed by atoms with Crippen molar-refractivity contribution in [3.63, 3.8) is 0 Å². The summed E-state index contributed by atoms with van der Waals surface area (Å²) in [6.07, 6.45) is 7.69. The predicted molar refractivity (Wildman–Crippen MR) is 144 cm³/mol. The standard InChI is InChI=1S/C21H25.C10H9S.2ClH.Zr/c1-20(2,3)16-7-9-18-14(12-16)11-15-13-17(21(4,5)6)8-10-19(15)18;1-8-2-3-9(6-8)10-4-5-11-7-10;;;/h7-13H,1-6H3;2-5,7-8H,1H3;2*1H;/q2*-1;;;+4/p-2. The van der Waals surface area contributed by atoms with Gasteiger partial charge >= 0.3 is 26.2 Å². The van der Waals surface area contributed by atoms with E-state index >= 15 is 0 Å². The molecule has 0 saturated carbocycles. The Morgan fingerprint density at radius 1 is 0.800 bits per heavy atom. The van der Waals surface area contributed by atoms with E-state index < -0.39 is 0 Å². The summed E-state index contributed by atoms with van der Waals surface area (Å²) in [6, 6.07) is 18.3. The zero-order valence-corrected chi connectivity index (χ0v) is 26.5. The second-order valence-corrected chi connectivity index (χ2v) is 11.7. The zero-order valence-electron chi connectivity index (χ0n) is 21.7. The summed E-state index contributed by atoms with van der Waals surface area (Å²) >= 11 is 1.73. The van der Waals surface area contributed by atoms with Crippen molar-refractivity contribution >= 4 is 38.5 Å². The van der Waals surface area contributed by atoms with Gasteiger partial charge in [0.05, 0.1) is 0 Å². The Kier molecular flexibility index (Phi) is 11.4. The Labute approximate surface area is 247 Å². The molecule has 0 fully saturated rings. The first-order chi connectivity index (χ1) is 15.0. The second-order valence-electron chi connectivity index (χ2n) is 11.0. The van der Waals surface area contributed by atoms with Gasteiger partial charge in [-0.15, -0.1) is 51.4 Å². The third kappa shape index (κ3) is 7.48. The van der Waals surface area contributed by atoms with Gasteiger partial charge in [0.25, 0.3) is 0 Å². The van der Waals surface area contributed by atoms with Gasteiger partial charge < -0.3 is 24.8 Å². The molecule has 1 aromatic heterocycles. The zero-order chi connectivity index (χ0) is 23.1. The van der Waals surface area contributed by atoms with Crippen LogP contribution >= 0.6 is 11.3 Å². The van der Waals surface area contributed by atoms with E-state index in [1.54, 1.807) is 11.3 Å². The molecule has 1 atom stereocenters. The maximum absolute atomic E-state index is 3.37. The number of rotatable bonds is 1. The molecule has 1 aliphatic rings. The van der Waals surface area contributed by atoms with Crippen LogP contribution < -0.4 is 24.8 Å². The summed E-state index contributed by atoms with van der Waals surface area (Å²) in [5, 5.41) is 9.73. The quantitative estimate of drug-likeness (QED) is 0.294. The minimum atomic E-state index is 0. The van der Waals surface area contributed by atoms with Gasteiger partial charge in [-0.2, -0.15) is 29.1 Å².